The number of benzene rings is 1. The molecule has 0 saturated heterocycles. The van der Waals surface area contributed by atoms with Gasteiger partial charge in [-0.2, -0.15) is 0 Å². The molecular weight excluding hydrogens is 338 g/mol. The number of carbonyl (C=O) groups excluding carboxylic acids is 1. The van der Waals surface area contributed by atoms with E-state index in [4.69, 9.17) is 4.74 Å². The van der Waals surface area contributed by atoms with Crippen LogP contribution in [0, 0.1) is 0 Å². The second-order valence-corrected chi connectivity index (χ2v) is 4.85. The molecule has 1 aromatic rings. The van der Waals surface area contributed by atoms with Gasteiger partial charge in [-0.05, 0) is 24.6 Å². The average Bonchev–Trinajstić information content (AvgIpc) is 2.29. The second kappa shape index (κ2) is 6.91. The highest BCUT2D eigenvalue weighted by atomic mass is 79.9. The van der Waals surface area contributed by atoms with E-state index >= 15 is 0 Å². The molecule has 0 aliphatic carbocycles. The fourth-order valence-electron chi connectivity index (χ4n) is 1.22. The third-order valence-electron chi connectivity index (χ3n) is 2.00. The van der Waals surface area contributed by atoms with Crippen LogP contribution in [0.5, 0.6) is 5.75 Å². The summed E-state index contributed by atoms with van der Waals surface area (Å²) in [5.41, 5.74) is 0.556. The molecule has 0 fully saturated rings. The van der Waals surface area contributed by atoms with Gasteiger partial charge < -0.3 is 10.1 Å². The van der Waals surface area contributed by atoms with Gasteiger partial charge in [-0.25, -0.2) is 0 Å². The average molecular weight is 351 g/mol. The van der Waals surface area contributed by atoms with Gasteiger partial charge in [0.2, 0.25) is 0 Å². The zero-order valence-corrected chi connectivity index (χ0v) is 12.1. The molecule has 0 saturated carbocycles. The summed E-state index contributed by atoms with van der Waals surface area (Å²) in [7, 11) is 1.55. The fraction of sp³-hybridized carbons (Fsp3) is 0.364. The van der Waals surface area contributed by atoms with E-state index in [1.807, 2.05) is 6.07 Å². The van der Waals surface area contributed by atoms with Crippen LogP contribution in [0.15, 0.2) is 22.7 Å². The van der Waals surface area contributed by atoms with E-state index in [1.165, 1.54) is 0 Å². The Morgan fingerprint density at radius 2 is 2.25 bits per heavy atom. The van der Waals surface area contributed by atoms with Crippen molar-refractivity contribution in [2.75, 3.05) is 19.0 Å². The highest BCUT2D eigenvalue weighted by Gasteiger charge is 2.11. The first-order chi connectivity index (χ1) is 7.69. The van der Waals surface area contributed by atoms with Gasteiger partial charge in [-0.3, -0.25) is 4.79 Å². The minimum Gasteiger partial charge on any atom is -0.496 e. The Labute approximate surface area is 112 Å². The highest BCUT2D eigenvalue weighted by molar-refractivity contribution is 9.10. The van der Waals surface area contributed by atoms with Gasteiger partial charge in [0.15, 0.2) is 0 Å². The lowest BCUT2D eigenvalue weighted by molar-refractivity contribution is 0.0951. The topological polar surface area (TPSA) is 38.3 Å². The van der Waals surface area contributed by atoms with E-state index in [-0.39, 0.29) is 5.91 Å². The van der Waals surface area contributed by atoms with Crippen molar-refractivity contribution in [3.8, 4) is 5.75 Å². The fourth-order valence-corrected chi connectivity index (χ4v) is 1.84. The molecule has 5 heteroatoms. The maximum Gasteiger partial charge on any atom is 0.255 e. The van der Waals surface area contributed by atoms with Crippen LogP contribution < -0.4 is 10.1 Å². The highest BCUT2D eigenvalue weighted by Crippen LogP contribution is 2.23. The van der Waals surface area contributed by atoms with Crippen molar-refractivity contribution in [1.82, 2.24) is 5.32 Å². The van der Waals surface area contributed by atoms with Crippen LogP contribution >= 0.6 is 31.9 Å². The molecule has 16 heavy (non-hydrogen) atoms. The molecule has 0 aliphatic heterocycles. The molecule has 3 nitrogen and oxygen atoms in total. The van der Waals surface area contributed by atoms with E-state index in [0.717, 1.165) is 16.2 Å². The Hall–Kier alpha value is -0.550. The summed E-state index contributed by atoms with van der Waals surface area (Å²) < 4.78 is 6.04. The van der Waals surface area contributed by atoms with E-state index in [9.17, 15) is 4.79 Å². The number of amides is 1. The molecule has 0 atom stereocenters. The third kappa shape index (κ3) is 3.79. The van der Waals surface area contributed by atoms with Gasteiger partial charge in [0.1, 0.15) is 5.75 Å². The van der Waals surface area contributed by atoms with E-state index in [2.05, 4.69) is 37.2 Å². The van der Waals surface area contributed by atoms with Gasteiger partial charge in [0.05, 0.1) is 12.7 Å². The minimum absolute atomic E-state index is 0.106. The van der Waals surface area contributed by atoms with Gasteiger partial charge >= 0.3 is 0 Å². The smallest absolute Gasteiger partial charge is 0.255 e. The Morgan fingerprint density at radius 3 is 2.88 bits per heavy atom. The molecule has 0 aromatic heterocycles. The molecule has 1 aromatic carbocycles. The summed E-state index contributed by atoms with van der Waals surface area (Å²) in [6, 6.07) is 5.34. The molecule has 1 N–H and O–H groups in total. The maximum atomic E-state index is 11.8. The Balaban J connectivity index is 2.74. The molecule has 0 unspecified atom stereocenters. The molecule has 0 radical (unpaired) electrons. The van der Waals surface area contributed by atoms with Crippen molar-refractivity contribution < 1.29 is 9.53 Å². The van der Waals surface area contributed by atoms with Gasteiger partial charge in [-0.15, -0.1) is 0 Å². The van der Waals surface area contributed by atoms with Crippen molar-refractivity contribution >= 4 is 37.8 Å². The number of halogens is 2. The van der Waals surface area contributed by atoms with Crippen LogP contribution in [0.25, 0.3) is 0 Å². The van der Waals surface area contributed by atoms with E-state index < -0.39 is 0 Å². The normalized spacial score (nSPS) is 9.94. The van der Waals surface area contributed by atoms with Crippen LogP contribution in [-0.4, -0.2) is 24.9 Å². The predicted molar refractivity (Wildman–Crippen MR) is 71.4 cm³/mol. The second-order valence-electron chi connectivity index (χ2n) is 3.14. The van der Waals surface area contributed by atoms with Crippen LogP contribution in [-0.2, 0) is 0 Å². The van der Waals surface area contributed by atoms with Crippen molar-refractivity contribution in [3.63, 3.8) is 0 Å². The largest absolute Gasteiger partial charge is 0.496 e. The number of carbonyl (C=O) groups is 1. The van der Waals surface area contributed by atoms with Crippen LogP contribution in [0.1, 0.15) is 16.8 Å². The van der Waals surface area contributed by atoms with Crippen LogP contribution in [0.3, 0.4) is 0 Å². The molecule has 1 amide bonds. The first-order valence-electron chi connectivity index (χ1n) is 4.86. The lowest BCUT2D eigenvalue weighted by Crippen LogP contribution is -2.25. The molecule has 88 valence electrons. The number of nitrogens with one attached hydrogen (secondary N) is 1. The lowest BCUT2D eigenvalue weighted by Gasteiger charge is -2.09. The number of rotatable bonds is 5. The summed E-state index contributed by atoms with van der Waals surface area (Å²) in [6.45, 7) is 0.656. The number of methoxy groups -OCH3 is 1. The summed E-state index contributed by atoms with van der Waals surface area (Å²) in [4.78, 5) is 11.8. The Bertz CT molecular complexity index is 369. The van der Waals surface area contributed by atoms with Crippen molar-refractivity contribution in [3.05, 3.63) is 28.2 Å². The van der Waals surface area contributed by atoms with Gasteiger partial charge in [-0.1, -0.05) is 31.9 Å². The molecule has 0 bridgehead atoms. The van der Waals surface area contributed by atoms with Crippen LogP contribution in [0.2, 0.25) is 0 Å². The zero-order chi connectivity index (χ0) is 12.0. The predicted octanol–water partition coefficient (Wildman–Crippen LogP) is 2.97. The summed E-state index contributed by atoms with van der Waals surface area (Å²) in [5.74, 6) is 0.469. The molecule has 0 aliphatic rings. The third-order valence-corrected chi connectivity index (χ3v) is 3.06. The Kier molecular flexibility index (Phi) is 5.84. The van der Waals surface area contributed by atoms with Crippen molar-refractivity contribution in [1.29, 1.82) is 0 Å². The molecule has 0 spiro atoms. The summed E-state index contributed by atoms with van der Waals surface area (Å²) in [6.07, 6.45) is 0.907. The Morgan fingerprint density at radius 1 is 1.50 bits per heavy atom. The minimum atomic E-state index is -0.106. The molecule has 1 rings (SSSR count). The number of ether oxygens (including phenoxy) is 1. The quantitative estimate of drug-likeness (QED) is 0.655. The van der Waals surface area contributed by atoms with E-state index in [0.29, 0.717) is 17.9 Å². The summed E-state index contributed by atoms with van der Waals surface area (Å²) in [5, 5.41) is 3.71. The van der Waals surface area contributed by atoms with Crippen molar-refractivity contribution in [2.45, 2.75) is 6.42 Å². The zero-order valence-electron chi connectivity index (χ0n) is 8.93. The van der Waals surface area contributed by atoms with Gasteiger partial charge in [0.25, 0.3) is 5.91 Å². The first kappa shape index (κ1) is 13.5. The number of hydrogen-bond donors (Lipinski definition) is 1. The van der Waals surface area contributed by atoms with Gasteiger partial charge in [0, 0.05) is 16.3 Å². The first-order valence-corrected chi connectivity index (χ1v) is 6.78. The molecule has 0 heterocycles. The molecular formula is C11H13Br2NO2. The maximum absolute atomic E-state index is 11.8. The SMILES string of the molecule is COc1cc(Br)ccc1C(=O)NCCCBr. The van der Waals surface area contributed by atoms with Crippen LogP contribution in [0.4, 0.5) is 0 Å². The number of hydrogen-bond acceptors (Lipinski definition) is 2. The number of alkyl halides is 1. The standard InChI is InChI=1S/C11H13Br2NO2/c1-16-10-7-8(13)3-4-9(10)11(15)14-6-2-5-12/h3-4,7H,2,5-6H2,1H3,(H,14,15). The lowest BCUT2D eigenvalue weighted by atomic mass is 10.2. The van der Waals surface area contributed by atoms with Crippen molar-refractivity contribution in [2.24, 2.45) is 0 Å². The summed E-state index contributed by atoms with van der Waals surface area (Å²) >= 11 is 6.64. The monoisotopic (exact) mass is 349 g/mol. The van der Waals surface area contributed by atoms with E-state index in [1.54, 1.807) is 19.2 Å².